The zero-order chi connectivity index (χ0) is 10.1. The summed E-state index contributed by atoms with van der Waals surface area (Å²) in [5.41, 5.74) is 0. The van der Waals surface area contributed by atoms with Crippen molar-refractivity contribution in [3.8, 4) is 0 Å². The molecule has 2 rings (SSSR count). The Balaban J connectivity index is 2.01. The van der Waals surface area contributed by atoms with E-state index >= 15 is 0 Å². The number of nitrogens with zero attached hydrogens (tertiary/aromatic N) is 1. The van der Waals surface area contributed by atoms with E-state index in [9.17, 15) is 9.59 Å². The van der Waals surface area contributed by atoms with Crippen LogP contribution in [0.25, 0.3) is 0 Å². The average molecular weight is 197 g/mol. The third-order valence-corrected chi connectivity index (χ3v) is 3.25. The van der Waals surface area contributed by atoms with Crippen LogP contribution in [0.1, 0.15) is 25.7 Å². The van der Waals surface area contributed by atoms with Crippen LogP contribution in [0, 0.1) is 5.92 Å². The van der Waals surface area contributed by atoms with Crippen molar-refractivity contribution in [3.63, 3.8) is 0 Å². The van der Waals surface area contributed by atoms with Gasteiger partial charge < -0.3 is 9.64 Å². The van der Waals surface area contributed by atoms with Gasteiger partial charge in [-0.15, -0.1) is 0 Å². The molecule has 2 aliphatic rings. The van der Waals surface area contributed by atoms with E-state index in [0.717, 1.165) is 19.3 Å². The molecule has 0 aromatic rings. The van der Waals surface area contributed by atoms with Gasteiger partial charge in [-0.2, -0.15) is 0 Å². The number of carbonyl (C=O) groups excluding carboxylic acids is 2. The summed E-state index contributed by atoms with van der Waals surface area (Å²) in [6.07, 6.45) is 3.43. The van der Waals surface area contributed by atoms with Crippen LogP contribution >= 0.6 is 0 Å². The van der Waals surface area contributed by atoms with E-state index in [4.69, 9.17) is 4.74 Å². The number of fused-ring (bicyclic) bond motifs is 1. The SMILES string of the molecule is COC(=O)[C@H]1CCC2CCC(=O)N2C1. The van der Waals surface area contributed by atoms with E-state index in [1.807, 2.05) is 4.90 Å². The van der Waals surface area contributed by atoms with Gasteiger partial charge in [0.1, 0.15) is 0 Å². The van der Waals surface area contributed by atoms with Crippen molar-refractivity contribution in [2.75, 3.05) is 13.7 Å². The van der Waals surface area contributed by atoms with Crippen molar-refractivity contribution in [1.82, 2.24) is 4.90 Å². The van der Waals surface area contributed by atoms with Crippen molar-refractivity contribution >= 4 is 11.9 Å². The Morgan fingerprint density at radius 1 is 1.43 bits per heavy atom. The third kappa shape index (κ3) is 1.49. The molecule has 0 aromatic heterocycles. The molecule has 0 aromatic carbocycles. The number of piperidine rings is 1. The summed E-state index contributed by atoms with van der Waals surface area (Å²) in [5, 5.41) is 0. The fraction of sp³-hybridized carbons (Fsp3) is 0.800. The molecule has 2 fully saturated rings. The second kappa shape index (κ2) is 3.59. The fourth-order valence-electron chi connectivity index (χ4n) is 2.43. The minimum atomic E-state index is -0.178. The van der Waals surface area contributed by atoms with Crippen LogP contribution in [0.3, 0.4) is 0 Å². The molecule has 0 aliphatic carbocycles. The Morgan fingerprint density at radius 3 is 2.93 bits per heavy atom. The van der Waals surface area contributed by atoms with Crippen molar-refractivity contribution in [1.29, 1.82) is 0 Å². The molecule has 0 N–H and O–H groups in total. The maximum atomic E-state index is 11.4. The maximum Gasteiger partial charge on any atom is 0.310 e. The molecule has 4 heteroatoms. The van der Waals surface area contributed by atoms with Gasteiger partial charge in [0.05, 0.1) is 13.0 Å². The highest BCUT2D eigenvalue weighted by molar-refractivity contribution is 5.80. The van der Waals surface area contributed by atoms with E-state index in [1.54, 1.807) is 0 Å². The lowest BCUT2D eigenvalue weighted by Gasteiger charge is -2.33. The number of methoxy groups -OCH3 is 1. The Morgan fingerprint density at radius 2 is 2.21 bits per heavy atom. The summed E-state index contributed by atoms with van der Waals surface area (Å²) in [6.45, 7) is 0.566. The average Bonchev–Trinajstić information content (AvgIpc) is 2.59. The highest BCUT2D eigenvalue weighted by Gasteiger charge is 2.38. The van der Waals surface area contributed by atoms with Crippen LogP contribution < -0.4 is 0 Å². The van der Waals surface area contributed by atoms with Gasteiger partial charge in [0.2, 0.25) is 5.91 Å². The lowest BCUT2D eigenvalue weighted by atomic mass is 9.93. The van der Waals surface area contributed by atoms with Crippen LogP contribution in [0.15, 0.2) is 0 Å². The van der Waals surface area contributed by atoms with E-state index < -0.39 is 0 Å². The molecule has 2 saturated heterocycles. The summed E-state index contributed by atoms with van der Waals surface area (Å²) in [6, 6.07) is 0.392. The molecule has 1 amide bonds. The minimum absolute atomic E-state index is 0.0988. The number of esters is 1. The van der Waals surface area contributed by atoms with Crippen LogP contribution in [-0.2, 0) is 14.3 Å². The molecule has 1 unspecified atom stereocenters. The number of hydrogen-bond donors (Lipinski definition) is 0. The van der Waals surface area contributed by atoms with E-state index in [0.29, 0.717) is 19.0 Å². The van der Waals surface area contributed by atoms with E-state index in [2.05, 4.69) is 0 Å². The van der Waals surface area contributed by atoms with Crippen LogP contribution in [0.2, 0.25) is 0 Å². The second-order valence-corrected chi connectivity index (χ2v) is 4.04. The highest BCUT2D eigenvalue weighted by Crippen LogP contribution is 2.30. The Bertz CT molecular complexity index is 264. The smallest absolute Gasteiger partial charge is 0.310 e. The van der Waals surface area contributed by atoms with Gasteiger partial charge in [0, 0.05) is 19.0 Å². The number of rotatable bonds is 1. The van der Waals surface area contributed by atoms with E-state index in [1.165, 1.54) is 7.11 Å². The zero-order valence-electron chi connectivity index (χ0n) is 8.36. The number of ether oxygens (including phenoxy) is 1. The molecule has 2 aliphatic heterocycles. The monoisotopic (exact) mass is 197 g/mol. The fourth-order valence-corrected chi connectivity index (χ4v) is 2.43. The first kappa shape index (κ1) is 9.49. The van der Waals surface area contributed by atoms with Crippen molar-refractivity contribution < 1.29 is 14.3 Å². The summed E-state index contributed by atoms with van der Waals surface area (Å²) in [5.74, 6) is -0.0787. The molecular formula is C10H15NO3. The van der Waals surface area contributed by atoms with Crippen molar-refractivity contribution in [3.05, 3.63) is 0 Å². The van der Waals surface area contributed by atoms with Gasteiger partial charge in [-0.25, -0.2) is 0 Å². The van der Waals surface area contributed by atoms with Gasteiger partial charge >= 0.3 is 5.97 Å². The quantitative estimate of drug-likeness (QED) is 0.577. The first-order valence-corrected chi connectivity index (χ1v) is 5.09. The number of hydrogen-bond acceptors (Lipinski definition) is 3. The van der Waals surface area contributed by atoms with Crippen LogP contribution in [-0.4, -0.2) is 36.5 Å². The van der Waals surface area contributed by atoms with Gasteiger partial charge in [0.15, 0.2) is 0 Å². The van der Waals surface area contributed by atoms with Crippen LogP contribution in [0.4, 0.5) is 0 Å². The van der Waals surface area contributed by atoms with E-state index in [-0.39, 0.29) is 17.8 Å². The first-order valence-electron chi connectivity index (χ1n) is 5.09. The Hall–Kier alpha value is -1.06. The Kier molecular flexibility index (Phi) is 2.44. The largest absolute Gasteiger partial charge is 0.469 e. The van der Waals surface area contributed by atoms with Gasteiger partial charge in [-0.3, -0.25) is 9.59 Å². The third-order valence-electron chi connectivity index (χ3n) is 3.25. The predicted octanol–water partition coefficient (Wildman–Crippen LogP) is 0.560. The number of amides is 1. The summed E-state index contributed by atoms with van der Waals surface area (Å²) in [7, 11) is 1.40. The molecule has 2 atom stereocenters. The molecule has 2 heterocycles. The molecule has 14 heavy (non-hydrogen) atoms. The lowest BCUT2D eigenvalue weighted by molar-refractivity contribution is -0.149. The normalized spacial score (nSPS) is 31.5. The maximum absolute atomic E-state index is 11.4. The van der Waals surface area contributed by atoms with Gasteiger partial charge in [-0.05, 0) is 19.3 Å². The topological polar surface area (TPSA) is 46.6 Å². The minimum Gasteiger partial charge on any atom is -0.469 e. The van der Waals surface area contributed by atoms with Gasteiger partial charge in [0.25, 0.3) is 0 Å². The number of carbonyl (C=O) groups is 2. The molecule has 0 bridgehead atoms. The standard InChI is InChI=1S/C10H15NO3/c1-14-10(13)7-2-3-8-4-5-9(12)11(8)6-7/h7-8H,2-6H2,1H3/t7-,8?/m0/s1. The Labute approximate surface area is 83.2 Å². The first-order chi connectivity index (χ1) is 6.72. The molecule has 0 spiro atoms. The van der Waals surface area contributed by atoms with Crippen molar-refractivity contribution in [2.24, 2.45) is 5.92 Å². The summed E-state index contributed by atoms with van der Waals surface area (Å²) in [4.78, 5) is 24.6. The second-order valence-electron chi connectivity index (χ2n) is 4.04. The summed E-state index contributed by atoms with van der Waals surface area (Å²) < 4.78 is 4.70. The molecule has 78 valence electrons. The zero-order valence-corrected chi connectivity index (χ0v) is 8.36. The van der Waals surface area contributed by atoms with Crippen molar-refractivity contribution in [2.45, 2.75) is 31.7 Å². The molecule has 0 radical (unpaired) electrons. The molecule has 0 saturated carbocycles. The molecular weight excluding hydrogens is 182 g/mol. The predicted molar refractivity (Wildman–Crippen MR) is 49.5 cm³/mol. The van der Waals surface area contributed by atoms with Gasteiger partial charge in [-0.1, -0.05) is 0 Å². The molecule has 4 nitrogen and oxygen atoms in total. The lowest BCUT2D eigenvalue weighted by Crippen LogP contribution is -2.44. The van der Waals surface area contributed by atoms with Crippen LogP contribution in [0.5, 0.6) is 0 Å². The highest BCUT2D eigenvalue weighted by atomic mass is 16.5. The summed E-state index contributed by atoms with van der Waals surface area (Å²) >= 11 is 0.